The summed E-state index contributed by atoms with van der Waals surface area (Å²) in [5.74, 6) is 0. The molecule has 0 unspecified atom stereocenters. The van der Waals surface area contributed by atoms with Gasteiger partial charge in [0.25, 0.3) is 0 Å². The first-order valence-electron chi connectivity index (χ1n) is 7.68. The second-order valence-corrected chi connectivity index (χ2v) is 8.34. The lowest BCUT2D eigenvalue weighted by molar-refractivity contribution is 0.467. The lowest BCUT2D eigenvalue weighted by Gasteiger charge is -2.16. The summed E-state index contributed by atoms with van der Waals surface area (Å²) < 4.78 is 25.6. The fourth-order valence-corrected chi connectivity index (χ4v) is 4.45. The number of nitrogens with one attached hydrogen (secondary N) is 1. The molecule has 24 heavy (non-hydrogen) atoms. The van der Waals surface area contributed by atoms with Crippen molar-refractivity contribution in [1.29, 1.82) is 0 Å². The van der Waals surface area contributed by atoms with Crippen molar-refractivity contribution in [3.8, 4) is 11.3 Å². The molecule has 7 nitrogen and oxygen atoms in total. The highest BCUT2D eigenvalue weighted by Crippen LogP contribution is 2.28. The minimum Gasteiger partial charge on any atom is -0.313 e. The predicted octanol–water partition coefficient (Wildman–Crippen LogP) is 1.05. The van der Waals surface area contributed by atoms with Crippen molar-refractivity contribution >= 4 is 20.6 Å². The third kappa shape index (κ3) is 2.57. The molecule has 3 heterocycles. The van der Waals surface area contributed by atoms with E-state index in [1.807, 2.05) is 30.5 Å². The van der Waals surface area contributed by atoms with Crippen molar-refractivity contribution in [3.63, 3.8) is 0 Å². The van der Waals surface area contributed by atoms with Crippen LogP contribution in [0.4, 0.5) is 0 Å². The van der Waals surface area contributed by atoms with Crippen LogP contribution in [0.15, 0.2) is 42.9 Å². The average molecular weight is 343 g/mol. The number of sulfone groups is 1. The number of fused-ring (bicyclic) bond motifs is 1. The third-order valence-corrected chi connectivity index (χ3v) is 6.07. The van der Waals surface area contributed by atoms with Crippen LogP contribution < -0.4 is 5.32 Å². The van der Waals surface area contributed by atoms with E-state index in [0.717, 1.165) is 16.3 Å². The van der Waals surface area contributed by atoms with Crippen molar-refractivity contribution in [1.82, 2.24) is 25.3 Å². The second-order valence-electron chi connectivity index (χ2n) is 6.08. The topological polar surface area (TPSA) is 89.8 Å². The summed E-state index contributed by atoms with van der Waals surface area (Å²) in [4.78, 5) is 4.18. The van der Waals surface area contributed by atoms with Gasteiger partial charge in [-0.1, -0.05) is 23.4 Å². The van der Waals surface area contributed by atoms with Crippen molar-refractivity contribution in [2.45, 2.75) is 11.3 Å². The summed E-state index contributed by atoms with van der Waals surface area (Å²) in [7, 11) is -3.15. The van der Waals surface area contributed by atoms with Gasteiger partial charge in [-0.05, 0) is 11.5 Å². The van der Waals surface area contributed by atoms with E-state index in [1.54, 1.807) is 17.1 Å². The van der Waals surface area contributed by atoms with Crippen molar-refractivity contribution in [2.24, 2.45) is 0 Å². The van der Waals surface area contributed by atoms with Gasteiger partial charge in [-0.3, -0.25) is 4.98 Å². The molecule has 1 aromatic carbocycles. The number of rotatable bonds is 3. The summed E-state index contributed by atoms with van der Waals surface area (Å²) in [6.45, 7) is 1.01. The monoisotopic (exact) mass is 343 g/mol. The van der Waals surface area contributed by atoms with Gasteiger partial charge in [0.2, 0.25) is 0 Å². The molecule has 0 saturated carbocycles. The van der Waals surface area contributed by atoms with Crippen LogP contribution in [0.25, 0.3) is 22.0 Å². The predicted molar refractivity (Wildman–Crippen MR) is 91.3 cm³/mol. The molecular formula is C16H17N5O2S. The van der Waals surface area contributed by atoms with Crippen LogP contribution in [-0.4, -0.2) is 53.0 Å². The fraction of sp³-hybridized carbons (Fsp3) is 0.312. The lowest BCUT2D eigenvalue weighted by atomic mass is 10.0. The molecule has 1 aliphatic rings. The molecule has 1 saturated heterocycles. The van der Waals surface area contributed by atoms with Crippen molar-refractivity contribution in [3.05, 3.63) is 42.9 Å². The Balaban J connectivity index is 1.75. The zero-order valence-electron chi connectivity index (χ0n) is 13.1. The fourth-order valence-electron chi connectivity index (χ4n) is 3.24. The number of nitrogens with zero attached hydrogens (tertiary/aromatic N) is 4. The van der Waals surface area contributed by atoms with Crippen LogP contribution in [-0.2, 0) is 9.84 Å². The van der Waals surface area contributed by atoms with Gasteiger partial charge in [0.1, 0.15) is 5.69 Å². The summed E-state index contributed by atoms with van der Waals surface area (Å²) in [6, 6.07) is 7.66. The summed E-state index contributed by atoms with van der Waals surface area (Å²) in [6.07, 6.45) is 6.65. The molecule has 8 heteroatoms. The van der Waals surface area contributed by atoms with Gasteiger partial charge in [0, 0.05) is 42.7 Å². The Morgan fingerprint density at radius 2 is 2.12 bits per heavy atom. The largest absolute Gasteiger partial charge is 0.313 e. The van der Waals surface area contributed by atoms with Crippen LogP contribution in [0.2, 0.25) is 0 Å². The molecule has 4 rings (SSSR count). The molecule has 2 aromatic heterocycles. The quantitative estimate of drug-likeness (QED) is 0.764. The number of aromatic nitrogens is 4. The third-order valence-electron chi connectivity index (χ3n) is 4.49. The Morgan fingerprint density at radius 3 is 2.96 bits per heavy atom. The Labute approximate surface area is 139 Å². The zero-order valence-corrected chi connectivity index (χ0v) is 13.9. The van der Waals surface area contributed by atoms with Gasteiger partial charge in [-0.15, -0.1) is 5.10 Å². The van der Waals surface area contributed by atoms with E-state index in [0.29, 0.717) is 18.8 Å². The van der Waals surface area contributed by atoms with Gasteiger partial charge in [0.05, 0.1) is 17.5 Å². The first-order chi connectivity index (χ1) is 11.5. The molecule has 1 aliphatic heterocycles. The molecule has 0 radical (unpaired) electrons. The molecule has 1 N–H and O–H groups in total. The standard InChI is InChI=1S/C16H17N5O2S/c1-24(22,23)16-9-18-8-15(16)21-10-14(19-20-21)12-4-2-3-11-5-6-17-7-13(11)12/h2-7,10,15-16,18H,8-9H2,1H3/t15-,16-/m1/s1. The highest BCUT2D eigenvalue weighted by Gasteiger charge is 2.36. The number of benzene rings is 1. The Bertz CT molecular complexity index is 993. The van der Waals surface area contributed by atoms with E-state index < -0.39 is 15.1 Å². The van der Waals surface area contributed by atoms with Gasteiger partial charge in [0.15, 0.2) is 9.84 Å². The number of pyridine rings is 1. The zero-order chi connectivity index (χ0) is 16.7. The first-order valence-corrected chi connectivity index (χ1v) is 9.64. The normalized spacial score (nSPS) is 21.4. The SMILES string of the molecule is CS(=O)(=O)[C@@H]1CNC[C@H]1n1cc(-c2cccc3ccncc23)nn1. The van der Waals surface area contributed by atoms with Gasteiger partial charge < -0.3 is 5.32 Å². The van der Waals surface area contributed by atoms with Crippen LogP contribution >= 0.6 is 0 Å². The number of hydrogen-bond donors (Lipinski definition) is 1. The Morgan fingerprint density at radius 1 is 1.25 bits per heavy atom. The molecule has 0 amide bonds. The first kappa shape index (κ1) is 15.2. The molecule has 1 fully saturated rings. The Kier molecular flexibility index (Phi) is 3.58. The number of hydrogen-bond acceptors (Lipinski definition) is 6. The molecular weight excluding hydrogens is 326 g/mol. The summed E-state index contributed by atoms with van der Waals surface area (Å²) in [5.41, 5.74) is 1.65. The van der Waals surface area contributed by atoms with Crippen LogP contribution in [0.1, 0.15) is 6.04 Å². The lowest BCUT2D eigenvalue weighted by Crippen LogP contribution is -2.30. The van der Waals surface area contributed by atoms with E-state index in [9.17, 15) is 8.42 Å². The van der Waals surface area contributed by atoms with E-state index in [2.05, 4.69) is 20.6 Å². The maximum absolute atomic E-state index is 12.0. The minimum absolute atomic E-state index is 0.241. The highest BCUT2D eigenvalue weighted by molar-refractivity contribution is 7.91. The van der Waals surface area contributed by atoms with Crippen molar-refractivity contribution < 1.29 is 8.42 Å². The Hall–Kier alpha value is -2.32. The maximum Gasteiger partial charge on any atom is 0.153 e. The molecule has 0 bridgehead atoms. The molecule has 0 spiro atoms. The van der Waals surface area contributed by atoms with Gasteiger partial charge in [-0.25, -0.2) is 13.1 Å². The van der Waals surface area contributed by atoms with Crippen LogP contribution in [0.3, 0.4) is 0 Å². The van der Waals surface area contributed by atoms with Crippen LogP contribution in [0.5, 0.6) is 0 Å². The molecule has 2 atom stereocenters. The maximum atomic E-state index is 12.0. The minimum atomic E-state index is -3.15. The van der Waals surface area contributed by atoms with Gasteiger partial charge in [-0.2, -0.15) is 0 Å². The highest BCUT2D eigenvalue weighted by atomic mass is 32.2. The molecule has 3 aromatic rings. The molecule has 124 valence electrons. The van der Waals surface area contributed by atoms with Crippen molar-refractivity contribution in [2.75, 3.05) is 19.3 Å². The second kappa shape index (κ2) is 5.64. The van der Waals surface area contributed by atoms with E-state index in [-0.39, 0.29) is 6.04 Å². The molecule has 0 aliphatic carbocycles. The van der Waals surface area contributed by atoms with Crippen LogP contribution in [0, 0.1) is 0 Å². The average Bonchev–Trinajstić information content (AvgIpc) is 3.22. The van der Waals surface area contributed by atoms with E-state index >= 15 is 0 Å². The van der Waals surface area contributed by atoms with E-state index in [1.165, 1.54) is 6.26 Å². The van der Waals surface area contributed by atoms with Gasteiger partial charge >= 0.3 is 0 Å². The summed E-state index contributed by atoms with van der Waals surface area (Å²) >= 11 is 0. The summed E-state index contributed by atoms with van der Waals surface area (Å²) in [5, 5.41) is 13.2. The smallest absolute Gasteiger partial charge is 0.153 e. The van der Waals surface area contributed by atoms with E-state index in [4.69, 9.17) is 0 Å².